The summed E-state index contributed by atoms with van der Waals surface area (Å²) in [7, 11) is -3.74. The minimum Gasteiger partial charge on any atom is -0.347 e. The number of nitrogens with one attached hydrogen (secondary N) is 1. The van der Waals surface area contributed by atoms with Crippen molar-refractivity contribution in [1.29, 1.82) is 0 Å². The third-order valence-corrected chi connectivity index (χ3v) is 6.71. The number of sulfonamides is 1. The van der Waals surface area contributed by atoms with Crippen LogP contribution >= 0.6 is 43.2 Å². The van der Waals surface area contributed by atoms with Gasteiger partial charge < -0.3 is 5.32 Å². The Kier molecular flexibility index (Phi) is 5.20. The second-order valence-corrected chi connectivity index (χ2v) is 8.89. The van der Waals surface area contributed by atoms with Crippen molar-refractivity contribution in [1.82, 2.24) is 5.32 Å². The average Bonchev–Trinajstić information content (AvgIpc) is 2.75. The summed E-state index contributed by atoms with van der Waals surface area (Å²) >= 11 is 7.94. The number of rotatable bonds is 4. The molecule has 3 N–H and O–H groups in total. The number of carbonyl (C=O) groups is 1. The van der Waals surface area contributed by atoms with Crippen molar-refractivity contribution in [3.8, 4) is 0 Å². The first-order valence-corrected chi connectivity index (χ1v) is 9.57. The summed E-state index contributed by atoms with van der Waals surface area (Å²) in [6.45, 7) is 0.218. The van der Waals surface area contributed by atoms with E-state index in [1.54, 1.807) is 18.2 Å². The fourth-order valence-corrected chi connectivity index (χ4v) is 4.10. The van der Waals surface area contributed by atoms with Crippen LogP contribution in [0.4, 0.5) is 0 Å². The van der Waals surface area contributed by atoms with Crippen molar-refractivity contribution in [2.75, 3.05) is 0 Å². The van der Waals surface area contributed by atoms with Crippen LogP contribution in [0.5, 0.6) is 0 Å². The lowest BCUT2D eigenvalue weighted by Gasteiger charge is -2.05. The first kappa shape index (κ1) is 16.6. The van der Waals surface area contributed by atoms with Gasteiger partial charge in [-0.15, -0.1) is 11.3 Å². The molecule has 0 atom stereocenters. The van der Waals surface area contributed by atoms with Crippen molar-refractivity contribution >= 4 is 59.1 Å². The summed E-state index contributed by atoms with van der Waals surface area (Å²) < 4.78 is 24.2. The molecule has 2 rings (SSSR count). The van der Waals surface area contributed by atoms with Crippen LogP contribution in [-0.2, 0) is 16.6 Å². The molecule has 0 unspecified atom stereocenters. The van der Waals surface area contributed by atoms with E-state index in [1.807, 2.05) is 0 Å². The van der Waals surface area contributed by atoms with E-state index in [4.69, 9.17) is 5.14 Å². The van der Waals surface area contributed by atoms with Crippen LogP contribution in [0.15, 0.2) is 43.5 Å². The molecule has 1 amide bonds. The largest absolute Gasteiger partial charge is 0.347 e. The summed E-state index contributed by atoms with van der Waals surface area (Å²) in [6, 6.07) is 7.86. The fraction of sp³-hybridized carbons (Fsp3) is 0.0833. The van der Waals surface area contributed by atoms with Crippen molar-refractivity contribution < 1.29 is 13.2 Å². The van der Waals surface area contributed by atoms with Gasteiger partial charge in [0.2, 0.25) is 10.0 Å². The highest BCUT2D eigenvalue weighted by Gasteiger charge is 2.12. The van der Waals surface area contributed by atoms with E-state index in [2.05, 4.69) is 37.2 Å². The van der Waals surface area contributed by atoms with Gasteiger partial charge in [0.15, 0.2) is 0 Å². The molecular weight excluding hydrogens is 444 g/mol. The Morgan fingerprint density at radius 1 is 1.29 bits per heavy atom. The summed E-state index contributed by atoms with van der Waals surface area (Å²) in [5.74, 6) is -0.229. The van der Waals surface area contributed by atoms with Gasteiger partial charge >= 0.3 is 0 Å². The first-order valence-electron chi connectivity index (χ1n) is 5.62. The second kappa shape index (κ2) is 6.57. The van der Waals surface area contributed by atoms with Gasteiger partial charge in [0.05, 0.1) is 13.6 Å². The van der Waals surface area contributed by atoms with E-state index >= 15 is 0 Å². The molecule has 0 saturated carbocycles. The highest BCUT2D eigenvalue weighted by molar-refractivity contribution is 9.13. The summed E-state index contributed by atoms with van der Waals surface area (Å²) in [6.07, 6.45) is 0. The Morgan fingerprint density at radius 2 is 2.00 bits per heavy atom. The highest BCUT2D eigenvalue weighted by Crippen LogP contribution is 2.32. The van der Waals surface area contributed by atoms with Crippen LogP contribution in [0.3, 0.4) is 0 Å². The van der Waals surface area contributed by atoms with Crippen LogP contribution in [0, 0.1) is 0 Å². The van der Waals surface area contributed by atoms with E-state index in [9.17, 15) is 13.2 Å². The number of carbonyl (C=O) groups excluding carboxylic acids is 1. The SMILES string of the molecule is NS(=O)(=O)c1cccc(CNC(=O)c2cc(Br)c(Br)s2)c1. The number of primary sulfonamides is 1. The third kappa shape index (κ3) is 4.36. The van der Waals surface area contributed by atoms with Crippen molar-refractivity contribution in [3.63, 3.8) is 0 Å². The van der Waals surface area contributed by atoms with E-state index in [0.717, 1.165) is 8.26 Å². The lowest BCUT2D eigenvalue weighted by molar-refractivity contribution is 0.0955. The number of hydrogen-bond donors (Lipinski definition) is 2. The van der Waals surface area contributed by atoms with Gasteiger partial charge in [0, 0.05) is 11.0 Å². The first-order chi connectivity index (χ1) is 9.77. The fourth-order valence-electron chi connectivity index (χ4n) is 1.56. The zero-order valence-corrected chi connectivity index (χ0v) is 15.3. The maximum atomic E-state index is 12.0. The van der Waals surface area contributed by atoms with Gasteiger partial charge in [-0.1, -0.05) is 12.1 Å². The molecule has 0 aliphatic carbocycles. The van der Waals surface area contributed by atoms with E-state index in [-0.39, 0.29) is 17.3 Å². The summed E-state index contributed by atoms with van der Waals surface area (Å²) in [5.41, 5.74) is 0.657. The number of thiophene rings is 1. The molecule has 1 aromatic carbocycles. The van der Waals surface area contributed by atoms with E-state index in [1.165, 1.54) is 23.5 Å². The molecule has 9 heteroatoms. The number of amides is 1. The van der Waals surface area contributed by atoms with E-state index < -0.39 is 10.0 Å². The van der Waals surface area contributed by atoms with E-state index in [0.29, 0.717) is 10.4 Å². The van der Waals surface area contributed by atoms with Gasteiger partial charge in [-0.2, -0.15) is 0 Å². The summed E-state index contributed by atoms with van der Waals surface area (Å²) in [4.78, 5) is 12.6. The standard InChI is InChI=1S/C12H10Br2N2O3S2/c13-9-5-10(20-11(9)14)12(17)16-6-7-2-1-3-8(4-7)21(15,18)19/h1-5H,6H2,(H,16,17)(H2,15,18,19). The topological polar surface area (TPSA) is 89.3 Å². The quantitative estimate of drug-likeness (QED) is 0.745. The molecule has 0 radical (unpaired) electrons. The molecule has 5 nitrogen and oxygen atoms in total. The van der Waals surface area contributed by atoms with Gasteiger partial charge in [-0.25, -0.2) is 13.6 Å². The molecule has 0 bridgehead atoms. The molecule has 112 valence electrons. The zero-order valence-electron chi connectivity index (χ0n) is 10.5. The molecule has 0 aliphatic rings. The maximum Gasteiger partial charge on any atom is 0.261 e. The lowest BCUT2D eigenvalue weighted by Crippen LogP contribution is -2.22. The van der Waals surface area contributed by atoms with Gasteiger partial charge in [-0.3, -0.25) is 4.79 Å². The van der Waals surface area contributed by atoms with Crippen molar-refractivity contribution in [2.24, 2.45) is 5.14 Å². The lowest BCUT2D eigenvalue weighted by atomic mass is 10.2. The van der Waals surface area contributed by atoms with Crippen molar-refractivity contribution in [2.45, 2.75) is 11.4 Å². The second-order valence-electron chi connectivity index (χ2n) is 4.11. The van der Waals surface area contributed by atoms with Crippen LogP contribution in [0.2, 0.25) is 0 Å². The number of halogens is 2. The summed E-state index contributed by atoms with van der Waals surface area (Å²) in [5, 5.41) is 7.80. The van der Waals surface area contributed by atoms with Crippen LogP contribution < -0.4 is 10.5 Å². The third-order valence-electron chi connectivity index (χ3n) is 2.55. The number of nitrogens with two attached hydrogens (primary N) is 1. The molecular formula is C12H10Br2N2O3S2. The van der Waals surface area contributed by atoms with Gasteiger partial charge in [-0.05, 0) is 55.6 Å². The van der Waals surface area contributed by atoms with Gasteiger partial charge in [0.1, 0.15) is 0 Å². The molecule has 1 heterocycles. The zero-order chi connectivity index (χ0) is 15.6. The number of benzene rings is 1. The minimum atomic E-state index is -3.74. The highest BCUT2D eigenvalue weighted by atomic mass is 79.9. The Balaban J connectivity index is 2.08. The normalized spacial score (nSPS) is 11.4. The maximum absolute atomic E-state index is 12.0. The molecule has 21 heavy (non-hydrogen) atoms. The van der Waals surface area contributed by atoms with Crippen LogP contribution in [0.1, 0.15) is 15.2 Å². The molecule has 2 aromatic rings. The smallest absolute Gasteiger partial charge is 0.261 e. The predicted molar refractivity (Wildman–Crippen MR) is 88.7 cm³/mol. The van der Waals surface area contributed by atoms with Gasteiger partial charge in [0.25, 0.3) is 5.91 Å². The molecule has 0 aliphatic heterocycles. The Hall–Kier alpha value is -0.740. The molecule has 0 fully saturated rings. The predicted octanol–water partition coefficient (Wildman–Crippen LogP) is 2.85. The monoisotopic (exact) mass is 452 g/mol. The molecule has 0 spiro atoms. The Labute approximate surface area is 142 Å². The van der Waals surface area contributed by atoms with Crippen LogP contribution in [-0.4, -0.2) is 14.3 Å². The average molecular weight is 454 g/mol. The Bertz CT molecular complexity index is 768. The number of hydrogen-bond acceptors (Lipinski definition) is 4. The van der Waals surface area contributed by atoms with Crippen LogP contribution in [0.25, 0.3) is 0 Å². The van der Waals surface area contributed by atoms with Crippen molar-refractivity contribution in [3.05, 3.63) is 49.0 Å². The minimum absolute atomic E-state index is 0.0239. The molecule has 0 saturated heterocycles. The Morgan fingerprint density at radius 3 is 2.57 bits per heavy atom. The molecule has 1 aromatic heterocycles.